The minimum Gasteiger partial charge on any atom is -0.383 e. The van der Waals surface area contributed by atoms with Gasteiger partial charge in [-0.1, -0.05) is 0 Å². The first-order valence-corrected chi connectivity index (χ1v) is 4.99. The van der Waals surface area contributed by atoms with Gasteiger partial charge in [0, 0.05) is 32.1 Å². The van der Waals surface area contributed by atoms with Crippen LogP contribution < -0.4 is 10.6 Å². The van der Waals surface area contributed by atoms with E-state index in [4.69, 9.17) is 10.5 Å². The molecule has 0 unspecified atom stereocenters. The number of nitrogen functional groups attached to an aromatic ring is 1. The predicted molar refractivity (Wildman–Crippen MR) is 60.8 cm³/mol. The van der Waals surface area contributed by atoms with Crippen molar-refractivity contribution >= 4 is 11.6 Å². The van der Waals surface area contributed by atoms with Gasteiger partial charge >= 0.3 is 0 Å². The summed E-state index contributed by atoms with van der Waals surface area (Å²) in [6.45, 7) is 5.58. The molecule has 0 bridgehead atoms. The summed E-state index contributed by atoms with van der Waals surface area (Å²) in [5.74, 6) is 1.19. The molecule has 5 nitrogen and oxygen atoms in total. The average Bonchev–Trinajstić information content (AvgIpc) is 2.20. The van der Waals surface area contributed by atoms with Crippen LogP contribution in [0.2, 0.25) is 0 Å². The van der Waals surface area contributed by atoms with Gasteiger partial charge in [0.05, 0.1) is 6.61 Å². The third-order valence-electron chi connectivity index (χ3n) is 2.14. The van der Waals surface area contributed by atoms with Gasteiger partial charge in [0.2, 0.25) is 0 Å². The second-order valence-electron chi connectivity index (χ2n) is 3.55. The fourth-order valence-electron chi connectivity index (χ4n) is 1.36. The molecular weight excluding hydrogens is 192 g/mol. The Hall–Kier alpha value is -1.36. The summed E-state index contributed by atoms with van der Waals surface area (Å²) in [6, 6.07) is 0.319. The number of anilines is 2. The molecule has 0 spiro atoms. The number of aromatic nitrogens is 2. The van der Waals surface area contributed by atoms with Crippen molar-refractivity contribution in [3.63, 3.8) is 0 Å². The summed E-state index contributed by atoms with van der Waals surface area (Å²) in [5.41, 5.74) is 5.77. The summed E-state index contributed by atoms with van der Waals surface area (Å²) in [5, 5.41) is 0. The number of ether oxygens (including phenoxy) is 1. The highest BCUT2D eigenvalue weighted by atomic mass is 16.5. The van der Waals surface area contributed by atoms with E-state index in [-0.39, 0.29) is 0 Å². The van der Waals surface area contributed by atoms with Crippen LogP contribution >= 0.6 is 0 Å². The van der Waals surface area contributed by atoms with E-state index in [9.17, 15) is 0 Å². The van der Waals surface area contributed by atoms with E-state index in [2.05, 4.69) is 28.7 Å². The Balaban J connectivity index is 2.84. The van der Waals surface area contributed by atoms with Crippen molar-refractivity contribution in [2.24, 2.45) is 0 Å². The van der Waals surface area contributed by atoms with E-state index < -0.39 is 0 Å². The number of nitrogens with zero attached hydrogens (tertiary/aromatic N) is 3. The highest BCUT2D eigenvalue weighted by Gasteiger charge is 2.14. The lowest BCUT2D eigenvalue weighted by Gasteiger charge is -2.27. The van der Waals surface area contributed by atoms with E-state index in [0.717, 1.165) is 12.4 Å². The van der Waals surface area contributed by atoms with Crippen LogP contribution in [-0.4, -0.2) is 36.3 Å². The predicted octanol–water partition coefficient (Wildman–Crippen LogP) is 0.920. The summed E-state index contributed by atoms with van der Waals surface area (Å²) < 4.78 is 5.05. The first-order chi connectivity index (χ1) is 7.16. The second-order valence-corrected chi connectivity index (χ2v) is 3.55. The molecule has 0 saturated heterocycles. The zero-order chi connectivity index (χ0) is 11.3. The maximum atomic E-state index is 5.77. The molecule has 0 aliphatic heterocycles. The summed E-state index contributed by atoms with van der Waals surface area (Å²) in [6.07, 6.45) is 3.24. The standard InChI is InChI=1S/C10H18N4O/c1-8(2)14(6-7-15-3)10-9(11)12-4-5-13-10/h4-5,8H,6-7H2,1-3H3,(H2,11,12). The van der Waals surface area contributed by atoms with E-state index >= 15 is 0 Å². The van der Waals surface area contributed by atoms with Crippen LogP contribution in [0.4, 0.5) is 11.6 Å². The van der Waals surface area contributed by atoms with Gasteiger partial charge in [-0.2, -0.15) is 0 Å². The minimum absolute atomic E-state index is 0.319. The highest BCUT2D eigenvalue weighted by Crippen LogP contribution is 2.18. The van der Waals surface area contributed by atoms with Crippen LogP contribution in [0.25, 0.3) is 0 Å². The van der Waals surface area contributed by atoms with E-state index in [1.54, 1.807) is 19.5 Å². The lowest BCUT2D eigenvalue weighted by molar-refractivity contribution is 0.203. The Morgan fingerprint density at radius 3 is 2.60 bits per heavy atom. The molecule has 84 valence electrons. The number of rotatable bonds is 5. The summed E-state index contributed by atoms with van der Waals surface area (Å²) in [7, 11) is 1.68. The molecule has 5 heteroatoms. The monoisotopic (exact) mass is 210 g/mol. The van der Waals surface area contributed by atoms with E-state index in [0.29, 0.717) is 18.5 Å². The maximum Gasteiger partial charge on any atom is 0.171 e. The van der Waals surface area contributed by atoms with Crippen molar-refractivity contribution in [3.8, 4) is 0 Å². The molecular formula is C10H18N4O. The quantitative estimate of drug-likeness (QED) is 0.783. The lowest BCUT2D eigenvalue weighted by atomic mass is 10.3. The van der Waals surface area contributed by atoms with Gasteiger partial charge in [0.15, 0.2) is 11.6 Å². The molecule has 2 N–H and O–H groups in total. The molecule has 0 amide bonds. The molecule has 0 radical (unpaired) electrons. The topological polar surface area (TPSA) is 64.3 Å². The SMILES string of the molecule is COCCN(c1nccnc1N)C(C)C. The van der Waals surface area contributed by atoms with Crippen LogP contribution in [0.5, 0.6) is 0 Å². The Labute approximate surface area is 90.3 Å². The number of hydrogen-bond donors (Lipinski definition) is 1. The number of hydrogen-bond acceptors (Lipinski definition) is 5. The van der Waals surface area contributed by atoms with Gasteiger partial charge in [-0.3, -0.25) is 0 Å². The van der Waals surface area contributed by atoms with Gasteiger partial charge in [0.25, 0.3) is 0 Å². The van der Waals surface area contributed by atoms with Crippen molar-refractivity contribution in [2.45, 2.75) is 19.9 Å². The van der Waals surface area contributed by atoms with Gasteiger partial charge < -0.3 is 15.4 Å². The Bertz CT molecular complexity index is 303. The van der Waals surface area contributed by atoms with Crippen LogP contribution in [0, 0.1) is 0 Å². The normalized spacial score (nSPS) is 10.7. The van der Waals surface area contributed by atoms with Crippen molar-refractivity contribution in [1.29, 1.82) is 0 Å². The zero-order valence-electron chi connectivity index (χ0n) is 9.47. The van der Waals surface area contributed by atoms with Gasteiger partial charge in [0.1, 0.15) is 0 Å². The Morgan fingerprint density at radius 2 is 2.07 bits per heavy atom. The Morgan fingerprint density at radius 1 is 1.40 bits per heavy atom. The van der Waals surface area contributed by atoms with Crippen LogP contribution in [0.1, 0.15) is 13.8 Å². The number of nitrogens with two attached hydrogens (primary N) is 1. The molecule has 0 aliphatic carbocycles. The number of methoxy groups -OCH3 is 1. The third-order valence-corrected chi connectivity index (χ3v) is 2.14. The molecule has 0 aliphatic rings. The molecule has 0 fully saturated rings. The minimum atomic E-state index is 0.319. The highest BCUT2D eigenvalue weighted by molar-refractivity contribution is 5.57. The molecule has 1 aromatic rings. The second kappa shape index (κ2) is 5.50. The van der Waals surface area contributed by atoms with Crippen LogP contribution in [-0.2, 0) is 4.74 Å². The zero-order valence-corrected chi connectivity index (χ0v) is 9.47. The van der Waals surface area contributed by atoms with Crippen molar-refractivity contribution in [2.75, 3.05) is 30.9 Å². The fraction of sp³-hybridized carbons (Fsp3) is 0.600. The van der Waals surface area contributed by atoms with E-state index in [1.807, 2.05) is 0 Å². The fourth-order valence-corrected chi connectivity index (χ4v) is 1.36. The molecule has 15 heavy (non-hydrogen) atoms. The molecule has 0 saturated carbocycles. The Kier molecular flexibility index (Phi) is 4.30. The van der Waals surface area contributed by atoms with Crippen molar-refractivity contribution < 1.29 is 4.74 Å². The molecule has 1 heterocycles. The summed E-state index contributed by atoms with van der Waals surface area (Å²) >= 11 is 0. The largest absolute Gasteiger partial charge is 0.383 e. The first-order valence-electron chi connectivity index (χ1n) is 4.99. The maximum absolute atomic E-state index is 5.77. The molecule has 0 aromatic carbocycles. The average molecular weight is 210 g/mol. The molecule has 0 atom stereocenters. The van der Waals surface area contributed by atoms with Gasteiger partial charge in [-0.15, -0.1) is 0 Å². The summed E-state index contributed by atoms with van der Waals surface area (Å²) in [4.78, 5) is 10.3. The first kappa shape index (κ1) is 11.7. The van der Waals surface area contributed by atoms with Crippen LogP contribution in [0.15, 0.2) is 12.4 Å². The molecule has 1 aromatic heterocycles. The van der Waals surface area contributed by atoms with Crippen molar-refractivity contribution in [1.82, 2.24) is 9.97 Å². The van der Waals surface area contributed by atoms with Crippen LogP contribution in [0.3, 0.4) is 0 Å². The molecule has 1 rings (SSSR count). The van der Waals surface area contributed by atoms with Gasteiger partial charge in [-0.05, 0) is 13.8 Å². The smallest absolute Gasteiger partial charge is 0.171 e. The third kappa shape index (κ3) is 3.06. The van der Waals surface area contributed by atoms with E-state index in [1.165, 1.54) is 0 Å². The van der Waals surface area contributed by atoms with Gasteiger partial charge in [-0.25, -0.2) is 9.97 Å². The lowest BCUT2D eigenvalue weighted by Crippen LogP contribution is -2.35. The van der Waals surface area contributed by atoms with Crippen molar-refractivity contribution in [3.05, 3.63) is 12.4 Å².